The summed E-state index contributed by atoms with van der Waals surface area (Å²) in [6.45, 7) is 7.30. The quantitative estimate of drug-likeness (QED) is 0.349. The lowest BCUT2D eigenvalue weighted by Gasteiger charge is -2.34. The van der Waals surface area contributed by atoms with Gasteiger partial charge in [0, 0.05) is 44.0 Å². The van der Waals surface area contributed by atoms with E-state index in [2.05, 4.69) is 20.2 Å². The highest BCUT2D eigenvalue weighted by Crippen LogP contribution is 2.30. The molecule has 2 aromatic heterocycles. The molecule has 0 radical (unpaired) electrons. The fourth-order valence-corrected chi connectivity index (χ4v) is 5.70. The molecule has 14 nitrogen and oxygen atoms in total. The first-order valence-electron chi connectivity index (χ1n) is 13.4. The molecule has 1 aliphatic rings. The highest BCUT2D eigenvalue weighted by Gasteiger charge is 2.32. The number of ether oxygens (including phenoxy) is 1. The highest BCUT2D eigenvalue weighted by molar-refractivity contribution is 7.92. The highest BCUT2D eigenvalue weighted by atomic mass is 32.2. The number of carbonyl (C=O) groups excluding carboxylic acids is 2. The Bertz CT molecular complexity index is 1530. The number of benzene rings is 1. The molecule has 3 atom stereocenters. The largest absolute Gasteiger partial charge is 0.488 e. The van der Waals surface area contributed by atoms with Gasteiger partial charge in [0.2, 0.25) is 5.91 Å². The van der Waals surface area contributed by atoms with Crippen molar-refractivity contribution in [1.82, 2.24) is 24.5 Å². The summed E-state index contributed by atoms with van der Waals surface area (Å²) in [5, 5.41) is 16.4. The molecule has 3 heterocycles. The first-order valence-corrected chi connectivity index (χ1v) is 14.9. The maximum Gasteiger partial charge on any atom is 0.321 e. The van der Waals surface area contributed by atoms with Crippen LogP contribution >= 0.6 is 0 Å². The van der Waals surface area contributed by atoms with Crippen molar-refractivity contribution in [2.45, 2.75) is 51.3 Å². The number of anilines is 2. The van der Waals surface area contributed by atoms with E-state index in [4.69, 9.17) is 9.26 Å². The van der Waals surface area contributed by atoms with E-state index >= 15 is 0 Å². The number of rotatable bonds is 8. The number of imidazole rings is 1. The maximum absolute atomic E-state index is 13.4. The van der Waals surface area contributed by atoms with Crippen LogP contribution in [0, 0.1) is 19.8 Å². The molecule has 0 saturated heterocycles. The second kappa shape index (κ2) is 12.4. The maximum atomic E-state index is 13.4. The van der Waals surface area contributed by atoms with Gasteiger partial charge in [-0.05, 0) is 39.0 Å². The van der Waals surface area contributed by atoms with Crippen molar-refractivity contribution >= 4 is 33.3 Å². The third-order valence-corrected chi connectivity index (χ3v) is 8.46. The molecule has 0 saturated carbocycles. The minimum Gasteiger partial charge on any atom is -0.488 e. The molecular formula is C27H37N7O7S. The first kappa shape index (κ1) is 30.8. The number of amides is 3. The summed E-state index contributed by atoms with van der Waals surface area (Å²) in [6.07, 6.45) is 2.13. The predicted molar refractivity (Wildman–Crippen MR) is 154 cm³/mol. The Labute approximate surface area is 244 Å². The minimum atomic E-state index is -3.97. The van der Waals surface area contributed by atoms with Gasteiger partial charge < -0.3 is 34.1 Å². The van der Waals surface area contributed by atoms with Crippen LogP contribution in [0.25, 0.3) is 0 Å². The van der Waals surface area contributed by atoms with Gasteiger partial charge in [0.25, 0.3) is 10.0 Å². The van der Waals surface area contributed by atoms with E-state index in [1.807, 2.05) is 6.92 Å². The van der Waals surface area contributed by atoms with Crippen LogP contribution in [0.2, 0.25) is 0 Å². The van der Waals surface area contributed by atoms with E-state index in [9.17, 15) is 23.1 Å². The lowest BCUT2D eigenvalue weighted by molar-refractivity contribution is -0.134. The number of carbonyl (C=O) groups is 2. The van der Waals surface area contributed by atoms with Crippen molar-refractivity contribution in [3.63, 3.8) is 0 Å². The summed E-state index contributed by atoms with van der Waals surface area (Å²) in [5.41, 5.74) is 1.74. The number of hydrogen-bond acceptors (Lipinski definition) is 9. The third-order valence-electron chi connectivity index (χ3n) is 7.19. The normalized spacial score (nSPS) is 18.3. The Hall–Kier alpha value is -4.11. The number of aryl methyl sites for hydroxylation is 3. The number of sulfonamides is 1. The van der Waals surface area contributed by atoms with E-state index < -0.39 is 28.2 Å². The van der Waals surface area contributed by atoms with Crippen molar-refractivity contribution in [1.29, 1.82) is 0 Å². The summed E-state index contributed by atoms with van der Waals surface area (Å²) < 4.78 is 41.3. The summed E-state index contributed by atoms with van der Waals surface area (Å²) in [6, 6.07) is 3.85. The van der Waals surface area contributed by atoms with Crippen LogP contribution in [0.3, 0.4) is 0 Å². The molecule has 3 amide bonds. The first-order chi connectivity index (χ1) is 19.8. The number of nitrogens with one attached hydrogen (secondary N) is 2. The molecule has 3 aromatic rings. The summed E-state index contributed by atoms with van der Waals surface area (Å²) in [7, 11) is -0.675. The van der Waals surface area contributed by atoms with Crippen molar-refractivity contribution < 1.29 is 32.4 Å². The van der Waals surface area contributed by atoms with E-state index in [0.717, 1.165) is 0 Å². The van der Waals surface area contributed by atoms with Gasteiger partial charge in [0.05, 0.1) is 31.9 Å². The van der Waals surface area contributed by atoms with Crippen LogP contribution in [0.1, 0.15) is 30.9 Å². The molecule has 0 unspecified atom stereocenters. The Morgan fingerprint density at radius 3 is 2.67 bits per heavy atom. The smallest absolute Gasteiger partial charge is 0.321 e. The lowest BCUT2D eigenvalue weighted by Crippen LogP contribution is -2.48. The van der Waals surface area contributed by atoms with Gasteiger partial charge in [-0.15, -0.1) is 0 Å². The van der Waals surface area contributed by atoms with Gasteiger partial charge in [-0.1, -0.05) is 12.1 Å². The second-order valence-electron chi connectivity index (χ2n) is 10.7. The number of fused-ring (bicyclic) bond motifs is 1. The van der Waals surface area contributed by atoms with Crippen LogP contribution in [-0.4, -0.2) is 88.9 Å². The average Bonchev–Trinajstić information content (AvgIpc) is 3.53. The minimum absolute atomic E-state index is 0.0827. The molecule has 1 aliphatic heterocycles. The fourth-order valence-electron chi connectivity index (χ4n) is 4.66. The second-order valence-corrected chi connectivity index (χ2v) is 12.3. The van der Waals surface area contributed by atoms with Crippen molar-refractivity contribution in [3.05, 3.63) is 47.7 Å². The van der Waals surface area contributed by atoms with Gasteiger partial charge in [0.1, 0.15) is 23.2 Å². The standard InChI is InChI=1S/C27H37N7O7S/c1-16-11-34(17(2)14-35)25(36)10-20-9-21(31-42(38,39)24-13-32(5)15-28-24)7-8-22(20)40-23(16)12-33(6)27(37)29-26-18(3)30-41-19(26)4/h7-9,13,15-17,23,31,35H,10-12,14H2,1-6H3,(H,29,37)/t16-,17-,23+/m0/s1. The molecule has 0 aliphatic carbocycles. The number of hydrogen-bond donors (Lipinski definition) is 3. The van der Waals surface area contributed by atoms with Crippen LogP contribution in [-0.2, 0) is 28.3 Å². The molecular weight excluding hydrogens is 566 g/mol. The van der Waals surface area contributed by atoms with Crippen molar-refractivity contribution in [2.24, 2.45) is 13.0 Å². The van der Waals surface area contributed by atoms with E-state index in [-0.39, 0.29) is 48.7 Å². The number of urea groups is 1. The van der Waals surface area contributed by atoms with Crippen molar-refractivity contribution in [3.8, 4) is 5.75 Å². The summed E-state index contributed by atoms with van der Waals surface area (Å²) >= 11 is 0. The van der Waals surface area contributed by atoms with E-state index in [0.29, 0.717) is 28.5 Å². The molecule has 0 bridgehead atoms. The fraction of sp³-hybridized carbons (Fsp3) is 0.481. The molecule has 42 heavy (non-hydrogen) atoms. The summed E-state index contributed by atoms with van der Waals surface area (Å²) in [5.74, 6) is 0.379. The van der Waals surface area contributed by atoms with E-state index in [1.165, 1.54) is 22.0 Å². The zero-order valence-electron chi connectivity index (χ0n) is 24.5. The Kier molecular flexibility index (Phi) is 9.11. The number of likely N-dealkylation sites (N-methyl/N-ethyl adjacent to an activating group) is 1. The van der Waals surface area contributed by atoms with Gasteiger partial charge in [-0.25, -0.2) is 9.78 Å². The van der Waals surface area contributed by atoms with Gasteiger partial charge >= 0.3 is 6.03 Å². The van der Waals surface area contributed by atoms with E-state index in [1.54, 1.807) is 58.0 Å². The number of nitrogens with zero attached hydrogens (tertiary/aromatic N) is 5. The molecule has 15 heteroatoms. The SMILES string of the molecule is Cc1noc(C)c1NC(=O)N(C)C[C@H]1Oc2ccc(NS(=O)(=O)c3cn(C)cn3)cc2CC(=O)N([C@@H](C)CO)C[C@@H]1C. The zero-order valence-corrected chi connectivity index (χ0v) is 25.3. The number of aliphatic hydroxyl groups is 1. The molecule has 4 rings (SSSR count). The molecule has 0 spiro atoms. The van der Waals surface area contributed by atoms with Crippen LogP contribution in [0.4, 0.5) is 16.2 Å². The zero-order chi connectivity index (χ0) is 30.8. The molecule has 0 fully saturated rings. The molecule has 228 valence electrons. The van der Waals surface area contributed by atoms with Gasteiger partial charge in [-0.2, -0.15) is 8.42 Å². The Morgan fingerprint density at radius 2 is 2.05 bits per heavy atom. The third kappa shape index (κ3) is 6.85. The Balaban J connectivity index is 1.62. The lowest BCUT2D eigenvalue weighted by atomic mass is 10.0. The van der Waals surface area contributed by atoms with Crippen LogP contribution in [0.15, 0.2) is 40.3 Å². The average molecular weight is 604 g/mol. The number of aromatic nitrogens is 3. The topological polar surface area (TPSA) is 172 Å². The molecule has 3 N–H and O–H groups in total. The van der Waals surface area contributed by atoms with Gasteiger partial charge in [0.15, 0.2) is 10.8 Å². The van der Waals surface area contributed by atoms with Crippen molar-refractivity contribution in [2.75, 3.05) is 36.8 Å². The summed E-state index contributed by atoms with van der Waals surface area (Å²) in [4.78, 5) is 33.5. The predicted octanol–water partition coefficient (Wildman–Crippen LogP) is 2.14. The van der Waals surface area contributed by atoms with Crippen LogP contribution < -0.4 is 14.8 Å². The van der Waals surface area contributed by atoms with Gasteiger partial charge in [-0.3, -0.25) is 9.52 Å². The van der Waals surface area contributed by atoms with Crippen LogP contribution in [0.5, 0.6) is 5.75 Å². The molecule has 1 aromatic carbocycles. The Morgan fingerprint density at radius 1 is 1.31 bits per heavy atom. The number of aliphatic hydroxyl groups excluding tert-OH is 1. The monoisotopic (exact) mass is 603 g/mol.